The van der Waals surface area contributed by atoms with Crippen LogP contribution in [0.5, 0.6) is 0 Å². The minimum Gasteiger partial charge on any atom is -0.258 e. The molecule has 0 aliphatic carbocycles. The Bertz CT molecular complexity index is 185. The molecule has 0 radical (unpaired) electrons. The van der Waals surface area contributed by atoms with Crippen LogP contribution in [0.2, 0.25) is 0 Å². The molecule has 0 aliphatic rings. The first-order valence-electron chi connectivity index (χ1n) is 3.67. The summed E-state index contributed by atoms with van der Waals surface area (Å²) in [6.45, 7) is 4.20. The number of aromatic nitrogens is 2. The Labute approximate surface area is 61.3 Å². The first-order chi connectivity index (χ1) is 4.88. The van der Waals surface area contributed by atoms with Crippen LogP contribution in [0.1, 0.15) is 25.2 Å². The standard InChI is InChI=1S/C8H12N2/c1-3-7-8(4-2)10-6-5-9-7/h5-6H,3-4H2,1-2H3. The number of rotatable bonds is 2. The maximum absolute atomic E-state index is 4.21. The second-order valence-corrected chi connectivity index (χ2v) is 2.16. The van der Waals surface area contributed by atoms with Crippen LogP contribution in [-0.2, 0) is 12.8 Å². The van der Waals surface area contributed by atoms with Crippen molar-refractivity contribution in [2.45, 2.75) is 26.7 Å². The van der Waals surface area contributed by atoms with Crippen LogP contribution >= 0.6 is 0 Å². The molecule has 0 saturated heterocycles. The van der Waals surface area contributed by atoms with Crippen molar-refractivity contribution in [2.24, 2.45) is 0 Å². The van der Waals surface area contributed by atoms with Gasteiger partial charge in [-0.1, -0.05) is 13.8 Å². The Kier molecular flexibility index (Phi) is 2.37. The molecule has 0 bridgehead atoms. The number of hydrogen-bond donors (Lipinski definition) is 0. The van der Waals surface area contributed by atoms with Crippen molar-refractivity contribution in [3.05, 3.63) is 23.8 Å². The molecule has 0 saturated carbocycles. The SMILES string of the molecule is CCc1nccnc1CC. The number of nitrogens with zero attached hydrogens (tertiary/aromatic N) is 2. The summed E-state index contributed by atoms with van der Waals surface area (Å²) in [4.78, 5) is 8.41. The molecule has 2 nitrogen and oxygen atoms in total. The largest absolute Gasteiger partial charge is 0.258 e. The lowest BCUT2D eigenvalue weighted by Gasteiger charge is -1.99. The zero-order valence-electron chi connectivity index (χ0n) is 6.46. The van der Waals surface area contributed by atoms with Gasteiger partial charge in [-0.05, 0) is 12.8 Å². The van der Waals surface area contributed by atoms with E-state index in [0.717, 1.165) is 24.2 Å². The van der Waals surface area contributed by atoms with Crippen LogP contribution in [0.15, 0.2) is 12.4 Å². The smallest absolute Gasteiger partial charge is 0.0615 e. The third kappa shape index (κ3) is 1.32. The lowest BCUT2D eigenvalue weighted by atomic mass is 10.2. The summed E-state index contributed by atoms with van der Waals surface area (Å²) in [5, 5.41) is 0. The van der Waals surface area contributed by atoms with Gasteiger partial charge in [0.1, 0.15) is 0 Å². The van der Waals surface area contributed by atoms with Crippen LogP contribution in [0.25, 0.3) is 0 Å². The van der Waals surface area contributed by atoms with Crippen LogP contribution in [0.4, 0.5) is 0 Å². The minimum atomic E-state index is 0.983. The highest BCUT2D eigenvalue weighted by Gasteiger charge is 1.97. The molecule has 0 amide bonds. The molecule has 0 aromatic carbocycles. The van der Waals surface area contributed by atoms with E-state index in [1.807, 2.05) is 0 Å². The van der Waals surface area contributed by atoms with Gasteiger partial charge < -0.3 is 0 Å². The average Bonchev–Trinajstić information content (AvgIpc) is 2.04. The molecule has 54 valence electrons. The Morgan fingerprint density at radius 2 is 1.40 bits per heavy atom. The van der Waals surface area contributed by atoms with Crippen molar-refractivity contribution >= 4 is 0 Å². The van der Waals surface area contributed by atoms with Gasteiger partial charge in [0.05, 0.1) is 11.4 Å². The average molecular weight is 136 g/mol. The fourth-order valence-corrected chi connectivity index (χ4v) is 0.986. The molecular formula is C8H12N2. The van der Waals surface area contributed by atoms with Gasteiger partial charge in [-0.2, -0.15) is 0 Å². The molecule has 1 rings (SSSR count). The highest BCUT2D eigenvalue weighted by atomic mass is 14.8. The van der Waals surface area contributed by atoms with Gasteiger partial charge in [-0.25, -0.2) is 0 Å². The van der Waals surface area contributed by atoms with Crippen molar-refractivity contribution in [3.8, 4) is 0 Å². The van der Waals surface area contributed by atoms with Gasteiger partial charge in [0.2, 0.25) is 0 Å². The predicted octanol–water partition coefficient (Wildman–Crippen LogP) is 1.60. The monoisotopic (exact) mass is 136 g/mol. The van der Waals surface area contributed by atoms with Gasteiger partial charge >= 0.3 is 0 Å². The van der Waals surface area contributed by atoms with E-state index in [1.165, 1.54) is 0 Å². The normalized spacial score (nSPS) is 9.80. The van der Waals surface area contributed by atoms with Crippen molar-refractivity contribution in [2.75, 3.05) is 0 Å². The topological polar surface area (TPSA) is 25.8 Å². The summed E-state index contributed by atoms with van der Waals surface area (Å²) < 4.78 is 0. The van der Waals surface area contributed by atoms with Crippen LogP contribution in [0.3, 0.4) is 0 Å². The van der Waals surface area contributed by atoms with E-state index in [1.54, 1.807) is 12.4 Å². The van der Waals surface area contributed by atoms with Crippen molar-refractivity contribution in [1.82, 2.24) is 9.97 Å². The van der Waals surface area contributed by atoms with Gasteiger partial charge in [-0.15, -0.1) is 0 Å². The van der Waals surface area contributed by atoms with Crippen LogP contribution < -0.4 is 0 Å². The molecule has 0 fully saturated rings. The summed E-state index contributed by atoms with van der Waals surface area (Å²) in [7, 11) is 0. The molecule has 2 heteroatoms. The zero-order chi connectivity index (χ0) is 7.40. The van der Waals surface area contributed by atoms with Crippen LogP contribution in [-0.4, -0.2) is 9.97 Å². The first-order valence-corrected chi connectivity index (χ1v) is 3.67. The molecule has 10 heavy (non-hydrogen) atoms. The van der Waals surface area contributed by atoms with E-state index in [4.69, 9.17) is 0 Å². The first kappa shape index (κ1) is 7.19. The van der Waals surface area contributed by atoms with Gasteiger partial charge in [-0.3, -0.25) is 9.97 Å². The van der Waals surface area contributed by atoms with Gasteiger partial charge in [0.25, 0.3) is 0 Å². The van der Waals surface area contributed by atoms with E-state index in [-0.39, 0.29) is 0 Å². The Balaban J connectivity index is 2.96. The third-order valence-electron chi connectivity index (χ3n) is 1.53. The molecular weight excluding hydrogens is 124 g/mol. The van der Waals surface area contributed by atoms with E-state index < -0.39 is 0 Å². The summed E-state index contributed by atoms with van der Waals surface area (Å²) in [6.07, 6.45) is 5.46. The quantitative estimate of drug-likeness (QED) is 0.617. The maximum atomic E-state index is 4.21. The van der Waals surface area contributed by atoms with E-state index in [9.17, 15) is 0 Å². The predicted molar refractivity (Wildman–Crippen MR) is 40.8 cm³/mol. The highest BCUT2D eigenvalue weighted by Crippen LogP contribution is 2.01. The molecule has 0 aliphatic heterocycles. The Morgan fingerprint density at radius 1 is 1.00 bits per heavy atom. The maximum Gasteiger partial charge on any atom is 0.0615 e. The summed E-state index contributed by atoms with van der Waals surface area (Å²) >= 11 is 0. The molecule has 0 spiro atoms. The van der Waals surface area contributed by atoms with Crippen LogP contribution in [0, 0.1) is 0 Å². The van der Waals surface area contributed by atoms with Crippen molar-refractivity contribution in [3.63, 3.8) is 0 Å². The Morgan fingerprint density at radius 3 is 1.70 bits per heavy atom. The van der Waals surface area contributed by atoms with E-state index in [0.29, 0.717) is 0 Å². The lowest BCUT2D eigenvalue weighted by molar-refractivity contribution is 0.904. The minimum absolute atomic E-state index is 0.983. The second-order valence-electron chi connectivity index (χ2n) is 2.16. The summed E-state index contributed by atoms with van der Waals surface area (Å²) in [5.74, 6) is 0. The molecule has 1 heterocycles. The number of hydrogen-bond acceptors (Lipinski definition) is 2. The van der Waals surface area contributed by atoms with Crippen molar-refractivity contribution < 1.29 is 0 Å². The zero-order valence-corrected chi connectivity index (χ0v) is 6.46. The second kappa shape index (κ2) is 3.30. The van der Waals surface area contributed by atoms with Crippen molar-refractivity contribution in [1.29, 1.82) is 0 Å². The molecule has 0 N–H and O–H groups in total. The molecule has 0 atom stereocenters. The molecule has 1 aromatic heterocycles. The highest BCUT2D eigenvalue weighted by molar-refractivity contribution is 5.09. The Hall–Kier alpha value is -0.920. The van der Waals surface area contributed by atoms with E-state index >= 15 is 0 Å². The summed E-state index contributed by atoms with van der Waals surface area (Å²) in [6, 6.07) is 0. The fraction of sp³-hybridized carbons (Fsp3) is 0.500. The molecule has 1 aromatic rings. The number of aryl methyl sites for hydroxylation is 2. The molecule has 0 unspecified atom stereocenters. The van der Waals surface area contributed by atoms with Gasteiger partial charge in [0.15, 0.2) is 0 Å². The fourth-order valence-electron chi connectivity index (χ4n) is 0.986. The van der Waals surface area contributed by atoms with Gasteiger partial charge in [0, 0.05) is 12.4 Å². The van der Waals surface area contributed by atoms with E-state index in [2.05, 4.69) is 23.8 Å². The third-order valence-corrected chi connectivity index (χ3v) is 1.53. The lowest BCUT2D eigenvalue weighted by Crippen LogP contribution is -1.96. The summed E-state index contributed by atoms with van der Waals surface area (Å²) in [5.41, 5.74) is 2.26.